The molecule has 2 aliphatic heterocycles. The zero-order valence-corrected chi connectivity index (χ0v) is 14.5. The first-order valence-electron chi connectivity index (χ1n) is 7.79. The van der Waals surface area contributed by atoms with Gasteiger partial charge in [-0.1, -0.05) is 0 Å². The largest absolute Gasteiger partial charge is 0.486 e. The van der Waals surface area contributed by atoms with Crippen molar-refractivity contribution < 1.29 is 38.4 Å². The Kier molecular flexibility index (Phi) is 4.50. The van der Waals surface area contributed by atoms with Gasteiger partial charge in [0.05, 0.1) is 9.85 Å². The van der Waals surface area contributed by atoms with Crippen LogP contribution in [-0.4, -0.2) is 40.8 Å². The molecule has 0 radical (unpaired) electrons. The number of rotatable bonds is 4. The molecule has 0 amide bonds. The zero-order valence-electron chi connectivity index (χ0n) is 14.5. The lowest BCUT2D eigenvalue weighted by molar-refractivity contribution is -0.422. The second-order valence-electron chi connectivity index (χ2n) is 6.04. The molecule has 1 aromatic carbocycles. The Morgan fingerprint density at radius 2 is 1.61 bits per heavy atom. The normalized spacial score (nSPS) is 17.3. The molecule has 28 heavy (non-hydrogen) atoms. The van der Waals surface area contributed by atoms with Gasteiger partial charge >= 0.3 is 23.3 Å². The number of nitro groups is 2. The van der Waals surface area contributed by atoms with E-state index in [0.717, 1.165) is 12.3 Å². The number of ether oxygens (including phenoxy) is 4. The monoisotopic (exact) mass is 395 g/mol. The van der Waals surface area contributed by atoms with Crippen LogP contribution in [0.1, 0.15) is 13.8 Å². The molecule has 13 heteroatoms. The number of fused-ring (bicyclic) bond motifs is 1. The van der Waals surface area contributed by atoms with Crippen molar-refractivity contribution in [3.05, 3.63) is 38.1 Å². The molecule has 1 saturated heterocycles. The topological polar surface area (TPSA) is 169 Å². The van der Waals surface area contributed by atoms with Gasteiger partial charge in [-0.25, -0.2) is 9.59 Å². The first kappa shape index (κ1) is 18.9. The number of benzene rings is 1. The van der Waals surface area contributed by atoms with Gasteiger partial charge in [-0.05, 0) is 0 Å². The van der Waals surface area contributed by atoms with Gasteiger partial charge < -0.3 is 24.3 Å². The molecule has 2 aliphatic rings. The molecular formula is C15H13N3O10. The van der Waals surface area contributed by atoms with Gasteiger partial charge in [0.2, 0.25) is 5.75 Å². The minimum atomic E-state index is -1.46. The summed E-state index contributed by atoms with van der Waals surface area (Å²) >= 11 is 0. The first-order chi connectivity index (χ1) is 13.1. The van der Waals surface area contributed by atoms with Crippen LogP contribution in [0, 0.1) is 20.2 Å². The smallest absolute Gasteiger partial charge is 0.393 e. The number of nitrogens with zero attached hydrogens (tertiary/aromatic N) is 2. The van der Waals surface area contributed by atoms with Crippen LogP contribution in [0.25, 0.3) is 0 Å². The molecule has 0 aromatic heterocycles. The highest BCUT2D eigenvalue weighted by Gasteiger charge is 2.41. The number of esters is 2. The number of carbonyl (C=O) groups is 2. The van der Waals surface area contributed by atoms with E-state index in [1.165, 1.54) is 13.8 Å². The Balaban J connectivity index is 2.06. The highest BCUT2D eigenvalue weighted by molar-refractivity contribution is 6.15. The number of nitro benzene ring substituents is 2. The Bertz CT molecular complexity index is 914. The predicted octanol–water partition coefficient (Wildman–Crippen LogP) is 1.41. The van der Waals surface area contributed by atoms with Crippen LogP contribution < -0.4 is 14.8 Å². The van der Waals surface area contributed by atoms with Gasteiger partial charge in [0.25, 0.3) is 5.79 Å². The van der Waals surface area contributed by atoms with Crippen molar-refractivity contribution in [3.63, 3.8) is 0 Å². The summed E-state index contributed by atoms with van der Waals surface area (Å²) in [4.78, 5) is 44.8. The van der Waals surface area contributed by atoms with Gasteiger partial charge in [-0.2, -0.15) is 0 Å². The fourth-order valence-corrected chi connectivity index (χ4v) is 2.55. The van der Waals surface area contributed by atoms with E-state index in [-0.39, 0.29) is 30.4 Å². The van der Waals surface area contributed by atoms with E-state index in [2.05, 4.69) is 5.32 Å². The summed E-state index contributed by atoms with van der Waals surface area (Å²) in [5.74, 6) is -3.99. The molecule has 0 saturated carbocycles. The molecular weight excluding hydrogens is 382 g/mol. The van der Waals surface area contributed by atoms with Crippen LogP contribution in [-0.2, 0) is 19.1 Å². The molecule has 1 fully saturated rings. The van der Waals surface area contributed by atoms with Crippen molar-refractivity contribution >= 4 is 29.0 Å². The van der Waals surface area contributed by atoms with Crippen LogP contribution in [0.3, 0.4) is 0 Å². The molecule has 2 heterocycles. The highest BCUT2D eigenvalue weighted by atomic mass is 16.7. The average molecular weight is 395 g/mol. The van der Waals surface area contributed by atoms with E-state index in [0.29, 0.717) is 0 Å². The van der Waals surface area contributed by atoms with Crippen molar-refractivity contribution in [2.75, 3.05) is 18.5 Å². The van der Waals surface area contributed by atoms with Crippen molar-refractivity contribution in [1.82, 2.24) is 0 Å². The number of hydrogen-bond acceptors (Lipinski definition) is 11. The minimum absolute atomic E-state index is 0.0186. The number of nitrogens with one attached hydrogen (secondary N) is 1. The summed E-state index contributed by atoms with van der Waals surface area (Å²) in [5.41, 5.74) is -2.81. The molecule has 0 unspecified atom stereocenters. The molecule has 13 nitrogen and oxygen atoms in total. The van der Waals surface area contributed by atoms with Gasteiger partial charge in [0.1, 0.15) is 18.9 Å². The average Bonchev–Trinajstić information content (AvgIpc) is 2.58. The van der Waals surface area contributed by atoms with Gasteiger partial charge in [0, 0.05) is 26.1 Å². The maximum Gasteiger partial charge on any atom is 0.393 e. The lowest BCUT2D eigenvalue weighted by Crippen LogP contribution is -2.42. The Hall–Kier alpha value is -3.90. The summed E-state index contributed by atoms with van der Waals surface area (Å²) in [5, 5.41) is 25.2. The fourth-order valence-electron chi connectivity index (χ4n) is 2.55. The van der Waals surface area contributed by atoms with Crippen LogP contribution in [0.5, 0.6) is 11.5 Å². The third kappa shape index (κ3) is 3.36. The summed E-state index contributed by atoms with van der Waals surface area (Å²) in [6, 6.07) is 1.10. The number of anilines is 1. The molecule has 1 N–H and O–H groups in total. The van der Waals surface area contributed by atoms with E-state index in [1.807, 2.05) is 0 Å². The van der Waals surface area contributed by atoms with Crippen molar-refractivity contribution in [2.45, 2.75) is 19.6 Å². The van der Waals surface area contributed by atoms with E-state index >= 15 is 0 Å². The number of hydrogen-bond donors (Lipinski definition) is 1. The lowest BCUT2D eigenvalue weighted by Gasteiger charge is -2.29. The van der Waals surface area contributed by atoms with Crippen LogP contribution in [0.4, 0.5) is 17.1 Å². The maximum absolute atomic E-state index is 12.0. The third-order valence-corrected chi connectivity index (χ3v) is 3.63. The van der Waals surface area contributed by atoms with Gasteiger partial charge in [-0.15, -0.1) is 0 Å². The zero-order chi connectivity index (χ0) is 20.6. The number of cyclic esters (lactones) is 2. The molecule has 0 spiro atoms. The third-order valence-electron chi connectivity index (χ3n) is 3.63. The van der Waals surface area contributed by atoms with Gasteiger partial charge in [-0.3, -0.25) is 20.2 Å². The fraction of sp³-hybridized carbons (Fsp3) is 0.333. The number of carbonyl (C=O) groups excluding carboxylic acids is 2. The van der Waals surface area contributed by atoms with E-state index < -0.39 is 44.5 Å². The summed E-state index contributed by atoms with van der Waals surface area (Å²) in [6.45, 7) is 2.76. The van der Waals surface area contributed by atoms with Crippen molar-refractivity contribution in [3.8, 4) is 11.5 Å². The van der Waals surface area contributed by atoms with E-state index in [4.69, 9.17) is 18.9 Å². The maximum atomic E-state index is 12.0. The van der Waals surface area contributed by atoms with E-state index in [1.54, 1.807) is 0 Å². The molecule has 0 bridgehead atoms. The van der Waals surface area contributed by atoms with Crippen LogP contribution >= 0.6 is 0 Å². The van der Waals surface area contributed by atoms with Crippen LogP contribution in [0.2, 0.25) is 0 Å². The summed E-state index contributed by atoms with van der Waals surface area (Å²) < 4.78 is 20.2. The predicted molar refractivity (Wildman–Crippen MR) is 88.7 cm³/mol. The Labute approximate surface area is 156 Å². The molecule has 1 aromatic rings. The Morgan fingerprint density at radius 3 is 2.18 bits per heavy atom. The highest BCUT2D eigenvalue weighted by Crippen LogP contribution is 2.49. The lowest BCUT2D eigenvalue weighted by atomic mass is 10.1. The summed E-state index contributed by atoms with van der Waals surface area (Å²) in [7, 11) is 0. The molecule has 0 aliphatic carbocycles. The second kappa shape index (κ2) is 6.68. The van der Waals surface area contributed by atoms with Gasteiger partial charge in [0.15, 0.2) is 11.3 Å². The Morgan fingerprint density at radius 1 is 1.04 bits per heavy atom. The van der Waals surface area contributed by atoms with E-state index in [9.17, 15) is 29.8 Å². The molecule has 0 atom stereocenters. The first-order valence-corrected chi connectivity index (χ1v) is 7.79. The standard InChI is InChI=1S/C15H13N3O10/c1-15(2)27-13(19)7(14(20)28-15)6-16-8-5-9-12(26-4-3-25-9)11(18(23)24)10(8)17(21)22/h5-6,16H,3-4H2,1-2H3. The molecule has 148 valence electrons. The van der Waals surface area contributed by atoms with Crippen molar-refractivity contribution in [1.29, 1.82) is 0 Å². The molecule has 3 rings (SSSR count). The summed E-state index contributed by atoms with van der Waals surface area (Å²) in [6.07, 6.45) is 0.808. The van der Waals surface area contributed by atoms with Crippen LogP contribution in [0.15, 0.2) is 17.8 Å². The second-order valence-corrected chi connectivity index (χ2v) is 6.04. The minimum Gasteiger partial charge on any atom is -0.486 e. The SMILES string of the molecule is CC1(C)OC(=O)C(=CNc2cc3c(c([N+](=O)[O-])c2[N+](=O)[O-])OCCO3)C(=O)O1. The van der Waals surface area contributed by atoms with Crippen molar-refractivity contribution in [2.24, 2.45) is 0 Å². The quantitative estimate of drug-likeness (QED) is 0.257.